The van der Waals surface area contributed by atoms with Crippen molar-refractivity contribution >= 4 is 6.09 Å². The second-order valence-electron chi connectivity index (χ2n) is 11.3. The highest BCUT2D eigenvalue weighted by Crippen LogP contribution is 2.39. The van der Waals surface area contributed by atoms with Crippen molar-refractivity contribution in [1.82, 2.24) is 4.90 Å². The summed E-state index contributed by atoms with van der Waals surface area (Å²) >= 11 is 0. The van der Waals surface area contributed by atoms with Crippen LogP contribution in [-0.4, -0.2) is 37.4 Å². The smallest absolute Gasteiger partial charge is 0.416 e. The minimum Gasteiger partial charge on any atom is -0.445 e. The SMILES string of the molecule is C[C@@H](OC[C@](/C=C\CC1CCCCO1)(c1ccccc1)N(C)C(=O)OCc1ccccc1)c1cc(C(F)(F)F)cc(C(F)(F)F)c1. The van der Waals surface area contributed by atoms with Crippen LogP contribution in [0, 0.1) is 0 Å². The van der Waals surface area contributed by atoms with Crippen LogP contribution in [-0.2, 0) is 38.7 Å². The second-order valence-corrected chi connectivity index (χ2v) is 11.3. The number of hydrogen-bond donors (Lipinski definition) is 0. The molecule has 3 atom stereocenters. The van der Waals surface area contributed by atoms with Crippen molar-refractivity contribution in [2.45, 2.75) is 69.3 Å². The first kappa shape index (κ1) is 35.0. The van der Waals surface area contributed by atoms with E-state index in [0.29, 0.717) is 30.7 Å². The molecule has 1 amide bonds. The highest BCUT2D eigenvalue weighted by Gasteiger charge is 2.40. The number of likely N-dealkylation sites (N-methyl/N-ethyl adjacent to an activating group) is 1. The van der Waals surface area contributed by atoms with Gasteiger partial charge in [-0.25, -0.2) is 4.79 Å². The van der Waals surface area contributed by atoms with Gasteiger partial charge in [0.25, 0.3) is 0 Å². The monoisotopic (exact) mass is 649 g/mol. The van der Waals surface area contributed by atoms with Crippen LogP contribution in [0.5, 0.6) is 0 Å². The number of halogens is 6. The maximum atomic E-state index is 13.6. The lowest BCUT2D eigenvalue weighted by atomic mass is 9.87. The molecular weight excluding hydrogens is 612 g/mol. The van der Waals surface area contributed by atoms with Crippen LogP contribution < -0.4 is 0 Å². The molecule has 1 unspecified atom stereocenters. The first-order valence-corrected chi connectivity index (χ1v) is 15.0. The van der Waals surface area contributed by atoms with Gasteiger partial charge in [-0.15, -0.1) is 0 Å². The van der Waals surface area contributed by atoms with Gasteiger partial charge < -0.3 is 14.2 Å². The maximum absolute atomic E-state index is 13.6. The van der Waals surface area contributed by atoms with E-state index in [9.17, 15) is 31.1 Å². The molecule has 3 aromatic carbocycles. The van der Waals surface area contributed by atoms with E-state index in [2.05, 4.69) is 0 Å². The van der Waals surface area contributed by atoms with Crippen LogP contribution in [0.25, 0.3) is 0 Å². The van der Waals surface area contributed by atoms with E-state index in [1.54, 1.807) is 48.5 Å². The van der Waals surface area contributed by atoms with E-state index in [-0.39, 0.29) is 30.9 Å². The van der Waals surface area contributed by atoms with E-state index in [1.165, 1.54) is 18.9 Å². The number of hydrogen-bond acceptors (Lipinski definition) is 4. The van der Waals surface area contributed by atoms with Crippen molar-refractivity contribution in [2.75, 3.05) is 20.3 Å². The summed E-state index contributed by atoms with van der Waals surface area (Å²) in [5, 5.41) is 0. The molecule has 1 heterocycles. The summed E-state index contributed by atoms with van der Waals surface area (Å²) in [6.45, 7) is 1.69. The van der Waals surface area contributed by atoms with Crippen LogP contribution in [0.15, 0.2) is 91.0 Å². The van der Waals surface area contributed by atoms with Crippen molar-refractivity contribution in [1.29, 1.82) is 0 Å². The summed E-state index contributed by atoms with van der Waals surface area (Å²) in [6, 6.07) is 19.3. The number of ether oxygens (including phenoxy) is 3. The molecular formula is C35H37F6NO4. The zero-order valence-electron chi connectivity index (χ0n) is 25.6. The normalized spacial score (nSPS) is 17.8. The number of benzene rings is 3. The summed E-state index contributed by atoms with van der Waals surface area (Å²) < 4.78 is 99.1. The number of carbonyl (C=O) groups is 1. The highest BCUT2D eigenvalue weighted by atomic mass is 19.4. The Bertz CT molecular complexity index is 1410. The molecule has 0 spiro atoms. The van der Waals surface area contributed by atoms with E-state index in [0.717, 1.165) is 24.8 Å². The molecule has 5 nitrogen and oxygen atoms in total. The summed E-state index contributed by atoms with van der Waals surface area (Å²) in [5.41, 5.74) is -3.17. The minimum absolute atomic E-state index is 0.0176. The fourth-order valence-electron chi connectivity index (χ4n) is 5.31. The lowest BCUT2D eigenvalue weighted by Crippen LogP contribution is -2.49. The van der Waals surface area contributed by atoms with E-state index in [4.69, 9.17) is 14.2 Å². The largest absolute Gasteiger partial charge is 0.445 e. The third-order valence-electron chi connectivity index (χ3n) is 8.05. The number of alkyl halides is 6. The average Bonchev–Trinajstić information content (AvgIpc) is 3.05. The van der Waals surface area contributed by atoms with Gasteiger partial charge in [-0.2, -0.15) is 26.3 Å². The quantitative estimate of drug-likeness (QED) is 0.153. The van der Waals surface area contributed by atoms with Gasteiger partial charge in [0.2, 0.25) is 0 Å². The Balaban J connectivity index is 1.69. The van der Waals surface area contributed by atoms with E-state index >= 15 is 0 Å². The van der Waals surface area contributed by atoms with Crippen molar-refractivity contribution in [3.8, 4) is 0 Å². The Hall–Kier alpha value is -3.83. The predicted molar refractivity (Wildman–Crippen MR) is 161 cm³/mol. The zero-order valence-corrected chi connectivity index (χ0v) is 25.6. The molecule has 1 aliphatic rings. The molecule has 4 rings (SSSR count). The lowest BCUT2D eigenvalue weighted by Gasteiger charge is -2.40. The van der Waals surface area contributed by atoms with Gasteiger partial charge in [0.05, 0.1) is 29.9 Å². The van der Waals surface area contributed by atoms with Crippen molar-refractivity contribution in [3.63, 3.8) is 0 Å². The van der Waals surface area contributed by atoms with Gasteiger partial charge in [0.1, 0.15) is 12.1 Å². The highest BCUT2D eigenvalue weighted by molar-refractivity contribution is 5.69. The van der Waals surface area contributed by atoms with Gasteiger partial charge in [-0.1, -0.05) is 72.8 Å². The maximum Gasteiger partial charge on any atom is 0.416 e. The molecule has 1 fully saturated rings. The Morgan fingerprint density at radius 2 is 1.52 bits per heavy atom. The Morgan fingerprint density at radius 3 is 2.09 bits per heavy atom. The van der Waals surface area contributed by atoms with Gasteiger partial charge in [-0.3, -0.25) is 4.90 Å². The number of nitrogens with zero attached hydrogens (tertiary/aromatic N) is 1. The molecule has 1 saturated heterocycles. The molecule has 0 aromatic heterocycles. The van der Waals surface area contributed by atoms with Crippen LogP contribution in [0.4, 0.5) is 31.1 Å². The number of amides is 1. The molecule has 0 saturated carbocycles. The Kier molecular flexibility index (Phi) is 11.6. The van der Waals surface area contributed by atoms with Crippen molar-refractivity contribution < 1.29 is 45.3 Å². The molecule has 0 aliphatic carbocycles. The van der Waals surface area contributed by atoms with Crippen LogP contribution in [0.1, 0.15) is 66.5 Å². The third kappa shape index (κ3) is 9.13. The molecule has 11 heteroatoms. The molecule has 3 aromatic rings. The second kappa shape index (κ2) is 15.2. The van der Waals surface area contributed by atoms with Gasteiger partial charge in [0.15, 0.2) is 0 Å². The summed E-state index contributed by atoms with van der Waals surface area (Å²) in [6.07, 6.45) is -4.94. The Labute approximate surface area is 264 Å². The van der Waals surface area contributed by atoms with Crippen molar-refractivity contribution in [3.05, 3.63) is 119 Å². The van der Waals surface area contributed by atoms with E-state index in [1.807, 2.05) is 24.3 Å². The Morgan fingerprint density at radius 1 is 0.913 bits per heavy atom. The van der Waals surface area contributed by atoms with Gasteiger partial charge in [-0.05, 0) is 67.5 Å². The fourth-order valence-corrected chi connectivity index (χ4v) is 5.31. The lowest BCUT2D eigenvalue weighted by molar-refractivity contribution is -0.143. The number of carbonyl (C=O) groups excluding carboxylic acids is 1. The summed E-state index contributed by atoms with van der Waals surface area (Å²) in [5.74, 6) is 0. The van der Waals surface area contributed by atoms with Crippen LogP contribution in [0.2, 0.25) is 0 Å². The van der Waals surface area contributed by atoms with Gasteiger partial charge >= 0.3 is 18.4 Å². The van der Waals surface area contributed by atoms with Crippen molar-refractivity contribution in [2.24, 2.45) is 0 Å². The fraction of sp³-hybridized carbons (Fsp3) is 0.400. The molecule has 248 valence electrons. The first-order chi connectivity index (χ1) is 21.8. The van der Waals surface area contributed by atoms with Crippen LogP contribution >= 0.6 is 0 Å². The molecule has 0 radical (unpaired) electrons. The topological polar surface area (TPSA) is 48.0 Å². The summed E-state index contributed by atoms with van der Waals surface area (Å²) in [7, 11) is 1.52. The predicted octanol–water partition coefficient (Wildman–Crippen LogP) is 9.48. The van der Waals surface area contributed by atoms with Crippen LogP contribution in [0.3, 0.4) is 0 Å². The first-order valence-electron chi connectivity index (χ1n) is 15.0. The minimum atomic E-state index is -5.00. The third-order valence-corrected chi connectivity index (χ3v) is 8.05. The number of rotatable bonds is 11. The standard InChI is InChI=1S/C35H37F6NO4/c1-25(27-20-29(34(36,37)38)22-30(21-27)35(39,40)41)46-24-33(28-14-7-4-8-15-28,18-11-17-31-16-9-10-19-44-31)42(2)32(43)45-23-26-12-5-3-6-13-26/h3-8,11-15,18,20-22,25,31H,9-10,16-17,19,23-24H2,1-2H3/b18-11-/t25-,31?,33-/m1/s1. The zero-order chi connectivity index (χ0) is 33.4. The summed E-state index contributed by atoms with van der Waals surface area (Å²) in [4.78, 5) is 14.9. The molecule has 1 aliphatic heterocycles. The van der Waals surface area contributed by atoms with Gasteiger partial charge in [0, 0.05) is 13.7 Å². The van der Waals surface area contributed by atoms with E-state index < -0.39 is 41.2 Å². The molecule has 0 N–H and O–H groups in total. The average molecular weight is 650 g/mol. The molecule has 0 bridgehead atoms. The molecule has 46 heavy (non-hydrogen) atoms.